The SMILES string of the molecule is COC(=O)[C@@H]1C2CCC(CC1c1ccc(I)cc1)N2. The lowest BCUT2D eigenvalue weighted by molar-refractivity contribution is -0.148. The van der Waals surface area contributed by atoms with E-state index in [-0.39, 0.29) is 17.9 Å². The average molecular weight is 371 g/mol. The number of ether oxygens (including phenoxy) is 1. The molecular formula is C15H18INO2. The number of fused-ring (bicyclic) bond motifs is 2. The molecule has 3 nitrogen and oxygen atoms in total. The third kappa shape index (κ3) is 2.52. The molecule has 4 heteroatoms. The standard InChI is InChI=1S/C15H18INO2/c1-19-15(18)14-12(8-11-6-7-13(14)17-11)9-2-4-10(16)5-3-9/h2-5,11-14,17H,6-8H2,1H3/t11?,12?,13?,14-/m0/s1. The maximum atomic E-state index is 12.1. The molecule has 0 radical (unpaired) electrons. The lowest BCUT2D eigenvalue weighted by atomic mass is 9.77. The van der Waals surface area contributed by atoms with Crippen molar-refractivity contribution in [1.29, 1.82) is 0 Å². The van der Waals surface area contributed by atoms with Gasteiger partial charge in [0, 0.05) is 21.6 Å². The predicted molar refractivity (Wildman–Crippen MR) is 82.0 cm³/mol. The fourth-order valence-electron chi connectivity index (χ4n) is 3.57. The monoisotopic (exact) mass is 371 g/mol. The number of carbonyl (C=O) groups excluding carboxylic acids is 1. The molecule has 0 aromatic heterocycles. The Balaban J connectivity index is 1.92. The highest BCUT2D eigenvalue weighted by Crippen LogP contribution is 2.42. The number of hydrogen-bond acceptors (Lipinski definition) is 3. The first-order valence-electron chi connectivity index (χ1n) is 6.78. The molecule has 0 amide bonds. The van der Waals surface area contributed by atoms with Gasteiger partial charge in [0.2, 0.25) is 0 Å². The summed E-state index contributed by atoms with van der Waals surface area (Å²) in [5.41, 5.74) is 1.27. The number of rotatable bonds is 2. The van der Waals surface area contributed by atoms with E-state index in [2.05, 4.69) is 52.2 Å². The maximum absolute atomic E-state index is 12.1. The molecule has 2 fully saturated rings. The first-order chi connectivity index (χ1) is 9.19. The summed E-state index contributed by atoms with van der Waals surface area (Å²) in [5.74, 6) is 0.188. The van der Waals surface area contributed by atoms with Crippen molar-refractivity contribution in [2.24, 2.45) is 5.92 Å². The van der Waals surface area contributed by atoms with Gasteiger partial charge in [0.1, 0.15) is 0 Å². The second-order valence-electron chi connectivity index (χ2n) is 5.49. The summed E-state index contributed by atoms with van der Waals surface area (Å²) >= 11 is 2.31. The number of nitrogens with one attached hydrogen (secondary N) is 1. The number of halogens is 1. The second-order valence-corrected chi connectivity index (χ2v) is 6.74. The van der Waals surface area contributed by atoms with Crippen LogP contribution in [0.3, 0.4) is 0 Å². The Morgan fingerprint density at radius 3 is 2.74 bits per heavy atom. The Labute approximate surface area is 127 Å². The van der Waals surface area contributed by atoms with Gasteiger partial charge in [0.05, 0.1) is 13.0 Å². The van der Waals surface area contributed by atoms with Gasteiger partial charge in [0.25, 0.3) is 0 Å². The number of esters is 1. The molecular weight excluding hydrogens is 353 g/mol. The molecule has 2 aliphatic rings. The molecule has 1 aromatic carbocycles. The Hall–Kier alpha value is -0.620. The maximum Gasteiger partial charge on any atom is 0.310 e. The summed E-state index contributed by atoms with van der Waals surface area (Å²) in [5, 5.41) is 3.56. The van der Waals surface area contributed by atoms with Gasteiger partial charge in [-0.1, -0.05) is 12.1 Å². The van der Waals surface area contributed by atoms with Gasteiger partial charge in [0.15, 0.2) is 0 Å². The van der Waals surface area contributed by atoms with Gasteiger partial charge >= 0.3 is 5.97 Å². The fraction of sp³-hybridized carbons (Fsp3) is 0.533. The topological polar surface area (TPSA) is 38.3 Å². The molecule has 2 bridgehead atoms. The van der Waals surface area contributed by atoms with Crippen LogP contribution in [0.4, 0.5) is 0 Å². The fourth-order valence-corrected chi connectivity index (χ4v) is 3.93. The molecule has 3 unspecified atom stereocenters. The van der Waals surface area contributed by atoms with Crippen molar-refractivity contribution in [2.75, 3.05) is 7.11 Å². The largest absolute Gasteiger partial charge is 0.469 e. The van der Waals surface area contributed by atoms with Crippen LogP contribution in [0.2, 0.25) is 0 Å². The van der Waals surface area contributed by atoms with Gasteiger partial charge < -0.3 is 10.1 Å². The summed E-state index contributed by atoms with van der Waals surface area (Å²) in [4.78, 5) is 12.1. The van der Waals surface area contributed by atoms with Gasteiger partial charge in [-0.25, -0.2) is 0 Å². The normalized spacial score (nSPS) is 33.2. The highest BCUT2D eigenvalue weighted by Gasteiger charge is 2.46. The Morgan fingerprint density at radius 1 is 1.32 bits per heavy atom. The summed E-state index contributed by atoms with van der Waals surface area (Å²) in [7, 11) is 1.49. The zero-order valence-corrected chi connectivity index (χ0v) is 13.1. The third-order valence-electron chi connectivity index (χ3n) is 4.45. The van der Waals surface area contributed by atoms with Crippen LogP contribution in [0, 0.1) is 9.49 Å². The average Bonchev–Trinajstić information content (AvgIpc) is 2.80. The van der Waals surface area contributed by atoms with E-state index in [4.69, 9.17) is 4.74 Å². The lowest BCUT2D eigenvalue weighted by Crippen LogP contribution is -2.48. The van der Waals surface area contributed by atoms with Crippen molar-refractivity contribution in [3.8, 4) is 0 Å². The minimum absolute atomic E-state index is 0.0381. The highest BCUT2D eigenvalue weighted by molar-refractivity contribution is 14.1. The Morgan fingerprint density at radius 2 is 2.05 bits per heavy atom. The molecule has 102 valence electrons. The van der Waals surface area contributed by atoms with Gasteiger partial charge in [-0.2, -0.15) is 0 Å². The summed E-state index contributed by atoms with van der Waals surface area (Å²) < 4.78 is 6.26. The van der Waals surface area contributed by atoms with Crippen LogP contribution in [-0.4, -0.2) is 25.2 Å². The van der Waals surface area contributed by atoms with Crippen molar-refractivity contribution in [1.82, 2.24) is 5.32 Å². The van der Waals surface area contributed by atoms with Gasteiger partial charge in [-0.3, -0.25) is 4.79 Å². The molecule has 1 aromatic rings. The number of methoxy groups -OCH3 is 1. The van der Waals surface area contributed by atoms with E-state index in [1.165, 1.54) is 22.7 Å². The molecule has 2 heterocycles. The third-order valence-corrected chi connectivity index (χ3v) is 5.17. The van der Waals surface area contributed by atoms with Gasteiger partial charge in [-0.05, 0) is 59.5 Å². The van der Waals surface area contributed by atoms with E-state index in [0.29, 0.717) is 12.0 Å². The number of carbonyl (C=O) groups is 1. The van der Waals surface area contributed by atoms with E-state index in [9.17, 15) is 4.79 Å². The summed E-state index contributed by atoms with van der Waals surface area (Å²) in [6.07, 6.45) is 3.31. The minimum atomic E-state index is -0.0681. The van der Waals surface area contributed by atoms with Crippen LogP contribution >= 0.6 is 22.6 Å². The molecule has 0 saturated carbocycles. The predicted octanol–water partition coefficient (Wildman–Crippen LogP) is 2.69. The van der Waals surface area contributed by atoms with Crippen LogP contribution in [0.5, 0.6) is 0 Å². The minimum Gasteiger partial charge on any atom is -0.469 e. The van der Waals surface area contributed by atoms with E-state index >= 15 is 0 Å². The Kier molecular flexibility index (Phi) is 3.80. The quantitative estimate of drug-likeness (QED) is 0.642. The summed E-state index contributed by atoms with van der Waals surface area (Å²) in [6.45, 7) is 0. The second kappa shape index (κ2) is 5.40. The van der Waals surface area contributed by atoms with E-state index in [0.717, 1.165) is 12.8 Å². The van der Waals surface area contributed by atoms with Crippen molar-refractivity contribution < 1.29 is 9.53 Å². The molecule has 1 N–H and O–H groups in total. The smallest absolute Gasteiger partial charge is 0.310 e. The first-order valence-corrected chi connectivity index (χ1v) is 7.86. The van der Waals surface area contributed by atoms with Crippen molar-refractivity contribution in [3.63, 3.8) is 0 Å². The number of piperidine rings is 1. The molecule has 4 atom stereocenters. The van der Waals surface area contributed by atoms with Crippen LogP contribution in [-0.2, 0) is 9.53 Å². The molecule has 2 aliphatic heterocycles. The van der Waals surface area contributed by atoms with Crippen LogP contribution < -0.4 is 5.32 Å². The van der Waals surface area contributed by atoms with Crippen molar-refractivity contribution in [3.05, 3.63) is 33.4 Å². The highest BCUT2D eigenvalue weighted by atomic mass is 127. The van der Waals surface area contributed by atoms with E-state index < -0.39 is 0 Å². The molecule has 0 spiro atoms. The molecule has 2 saturated heterocycles. The molecule has 0 aliphatic carbocycles. The molecule has 19 heavy (non-hydrogen) atoms. The number of hydrogen-bond donors (Lipinski definition) is 1. The van der Waals surface area contributed by atoms with E-state index in [1.807, 2.05) is 0 Å². The van der Waals surface area contributed by atoms with Gasteiger partial charge in [-0.15, -0.1) is 0 Å². The Bertz CT molecular complexity index is 474. The molecule has 3 rings (SSSR count). The zero-order valence-electron chi connectivity index (χ0n) is 10.9. The first kappa shape index (κ1) is 13.4. The van der Waals surface area contributed by atoms with Crippen molar-refractivity contribution in [2.45, 2.75) is 37.3 Å². The summed E-state index contributed by atoms with van der Waals surface area (Å²) in [6, 6.07) is 9.41. The lowest BCUT2D eigenvalue weighted by Gasteiger charge is -2.36. The van der Waals surface area contributed by atoms with Crippen molar-refractivity contribution >= 4 is 28.6 Å². The van der Waals surface area contributed by atoms with Crippen LogP contribution in [0.1, 0.15) is 30.7 Å². The van der Waals surface area contributed by atoms with Crippen LogP contribution in [0.15, 0.2) is 24.3 Å². The number of benzene rings is 1. The zero-order chi connectivity index (χ0) is 13.4. The van der Waals surface area contributed by atoms with E-state index in [1.54, 1.807) is 0 Å². The van der Waals surface area contributed by atoms with Crippen LogP contribution in [0.25, 0.3) is 0 Å².